The van der Waals surface area contributed by atoms with Gasteiger partial charge in [0.25, 0.3) is 5.91 Å². The van der Waals surface area contributed by atoms with E-state index in [-0.39, 0.29) is 11.7 Å². The highest BCUT2D eigenvalue weighted by Crippen LogP contribution is 2.29. The Hall–Kier alpha value is -3.39. The predicted molar refractivity (Wildman–Crippen MR) is 109 cm³/mol. The van der Waals surface area contributed by atoms with Crippen molar-refractivity contribution >= 4 is 17.2 Å². The monoisotopic (exact) mass is 407 g/mol. The minimum atomic E-state index is -0.267. The maximum atomic E-state index is 13.0. The Morgan fingerprint density at radius 2 is 2.03 bits per heavy atom. The van der Waals surface area contributed by atoms with Gasteiger partial charge in [0.1, 0.15) is 12.1 Å². The van der Waals surface area contributed by atoms with Gasteiger partial charge in [0.05, 0.1) is 16.3 Å². The Morgan fingerprint density at radius 3 is 2.79 bits per heavy atom. The Morgan fingerprint density at radius 1 is 1.21 bits per heavy atom. The van der Waals surface area contributed by atoms with Gasteiger partial charge < -0.3 is 5.32 Å². The van der Waals surface area contributed by atoms with Crippen molar-refractivity contribution in [3.8, 4) is 10.7 Å². The molecule has 0 atom stereocenters. The second-order valence-corrected chi connectivity index (χ2v) is 7.61. The number of thiophene rings is 1. The minimum Gasteiger partial charge on any atom is -0.347 e. The number of aryl methyl sites for hydroxylation is 1. The lowest BCUT2D eigenvalue weighted by Gasteiger charge is -2.04. The van der Waals surface area contributed by atoms with E-state index in [0.29, 0.717) is 23.8 Å². The molecule has 1 N–H and O–H groups in total. The first-order valence-electron chi connectivity index (χ1n) is 9.00. The van der Waals surface area contributed by atoms with Crippen molar-refractivity contribution < 1.29 is 9.18 Å². The summed E-state index contributed by atoms with van der Waals surface area (Å²) in [5.41, 5.74) is 2.75. The van der Waals surface area contributed by atoms with Gasteiger partial charge >= 0.3 is 0 Å². The molecule has 0 aliphatic heterocycles. The van der Waals surface area contributed by atoms with Crippen LogP contribution in [-0.4, -0.2) is 25.7 Å². The molecule has 0 saturated heterocycles. The van der Waals surface area contributed by atoms with Crippen LogP contribution >= 0.6 is 11.3 Å². The molecular weight excluding hydrogens is 389 g/mol. The van der Waals surface area contributed by atoms with E-state index < -0.39 is 0 Å². The van der Waals surface area contributed by atoms with Crippen LogP contribution in [0, 0.1) is 12.7 Å². The lowest BCUT2D eigenvalue weighted by atomic mass is 10.2. The van der Waals surface area contributed by atoms with Gasteiger partial charge in [-0.25, -0.2) is 14.1 Å². The highest BCUT2D eigenvalue weighted by molar-refractivity contribution is 7.17. The molecule has 0 aliphatic carbocycles. The topological polar surface area (TPSA) is 72.7 Å². The fraction of sp³-hybridized carbons (Fsp3) is 0.143. The summed E-state index contributed by atoms with van der Waals surface area (Å²) in [7, 11) is 0. The summed E-state index contributed by atoms with van der Waals surface area (Å²) in [6.07, 6.45) is 5.06. The molecule has 1 aromatic carbocycles. The number of aromatic nitrogens is 4. The number of amides is 1. The predicted octanol–water partition coefficient (Wildman–Crippen LogP) is 3.83. The van der Waals surface area contributed by atoms with E-state index in [4.69, 9.17) is 0 Å². The highest BCUT2D eigenvalue weighted by Gasteiger charge is 2.16. The van der Waals surface area contributed by atoms with Crippen LogP contribution in [0.2, 0.25) is 0 Å². The van der Waals surface area contributed by atoms with Crippen LogP contribution in [-0.2, 0) is 13.1 Å². The molecule has 3 heterocycles. The lowest BCUT2D eigenvalue weighted by molar-refractivity contribution is 0.0954. The number of halogens is 1. The van der Waals surface area contributed by atoms with Gasteiger partial charge in [-0.1, -0.05) is 18.2 Å². The Balaban J connectivity index is 1.45. The van der Waals surface area contributed by atoms with Crippen molar-refractivity contribution in [1.29, 1.82) is 0 Å². The zero-order valence-electron chi connectivity index (χ0n) is 15.7. The molecule has 6 nitrogen and oxygen atoms in total. The molecule has 29 heavy (non-hydrogen) atoms. The maximum absolute atomic E-state index is 13.0. The standard InChI is InChI=1S/C21H18FN5OS/c1-14-9-18(29-19(14)21(28)24-11-16-3-2-8-23-10-16)20-25-13-27(26-20)12-15-4-6-17(22)7-5-15/h2-10,13H,11-12H2,1H3,(H,24,28). The number of carbonyl (C=O) groups is 1. The Labute approximate surface area is 171 Å². The van der Waals surface area contributed by atoms with E-state index in [9.17, 15) is 9.18 Å². The number of pyridine rings is 1. The van der Waals surface area contributed by atoms with Crippen molar-refractivity contribution in [2.45, 2.75) is 20.0 Å². The van der Waals surface area contributed by atoms with Crippen molar-refractivity contribution in [3.63, 3.8) is 0 Å². The van der Waals surface area contributed by atoms with Gasteiger partial charge in [-0.3, -0.25) is 9.78 Å². The van der Waals surface area contributed by atoms with Crippen LogP contribution in [0.25, 0.3) is 10.7 Å². The van der Waals surface area contributed by atoms with E-state index >= 15 is 0 Å². The number of carbonyl (C=O) groups excluding carboxylic acids is 1. The molecule has 0 bridgehead atoms. The Kier molecular flexibility index (Phi) is 5.44. The normalized spacial score (nSPS) is 10.8. The van der Waals surface area contributed by atoms with E-state index in [1.54, 1.807) is 35.5 Å². The van der Waals surface area contributed by atoms with Gasteiger partial charge in [0, 0.05) is 18.9 Å². The van der Waals surface area contributed by atoms with Gasteiger partial charge in [-0.15, -0.1) is 16.4 Å². The van der Waals surface area contributed by atoms with E-state index in [1.165, 1.54) is 23.5 Å². The average molecular weight is 407 g/mol. The summed E-state index contributed by atoms with van der Waals surface area (Å²) in [5.74, 6) is 0.163. The van der Waals surface area contributed by atoms with Gasteiger partial charge in [-0.05, 0) is 47.9 Å². The summed E-state index contributed by atoms with van der Waals surface area (Å²) in [5, 5.41) is 7.41. The fourth-order valence-electron chi connectivity index (χ4n) is 2.84. The average Bonchev–Trinajstić information content (AvgIpc) is 3.35. The van der Waals surface area contributed by atoms with Crippen LogP contribution in [0.1, 0.15) is 26.4 Å². The molecule has 0 aliphatic rings. The first-order chi connectivity index (χ1) is 14.1. The first-order valence-corrected chi connectivity index (χ1v) is 9.82. The van der Waals surface area contributed by atoms with Crippen LogP contribution in [0.15, 0.2) is 61.2 Å². The zero-order chi connectivity index (χ0) is 20.2. The number of rotatable bonds is 6. The molecule has 4 rings (SSSR count). The van der Waals surface area contributed by atoms with Gasteiger partial charge in [0.2, 0.25) is 0 Å². The van der Waals surface area contributed by atoms with Crippen molar-refractivity contribution in [1.82, 2.24) is 25.1 Å². The molecular formula is C21H18FN5OS. The third kappa shape index (κ3) is 4.55. The third-order valence-corrected chi connectivity index (χ3v) is 5.55. The van der Waals surface area contributed by atoms with Gasteiger partial charge in [-0.2, -0.15) is 0 Å². The quantitative estimate of drug-likeness (QED) is 0.527. The number of nitrogens with zero attached hydrogens (tertiary/aromatic N) is 4. The second-order valence-electron chi connectivity index (χ2n) is 6.56. The number of nitrogens with one attached hydrogen (secondary N) is 1. The second kappa shape index (κ2) is 8.32. The molecule has 0 radical (unpaired) electrons. The molecule has 3 aromatic heterocycles. The molecule has 0 saturated carbocycles. The molecule has 0 fully saturated rings. The van der Waals surface area contributed by atoms with Crippen LogP contribution in [0.3, 0.4) is 0 Å². The maximum Gasteiger partial charge on any atom is 0.261 e. The fourth-order valence-corrected chi connectivity index (χ4v) is 3.87. The minimum absolute atomic E-state index is 0.131. The summed E-state index contributed by atoms with van der Waals surface area (Å²) in [6.45, 7) is 2.81. The Bertz CT molecular complexity index is 1120. The molecule has 1 amide bonds. The van der Waals surface area contributed by atoms with Crippen molar-refractivity contribution in [3.05, 3.63) is 88.6 Å². The highest BCUT2D eigenvalue weighted by atomic mass is 32.1. The van der Waals surface area contributed by atoms with E-state index in [0.717, 1.165) is 21.6 Å². The largest absolute Gasteiger partial charge is 0.347 e. The van der Waals surface area contributed by atoms with Crippen LogP contribution in [0.5, 0.6) is 0 Å². The number of hydrogen-bond acceptors (Lipinski definition) is 5. The molecule has 0 spiro atoms. The summed E-state index contributed by atoms with van der Waals surface area (Å²) in [6, 6.07) is 12.0. The van der Waals surface area contributed by atoms with Crippen molar-refractivity contribution in [2.75, 3.05) is 0 Å². The molecule has 8 heteroatoms. The number of benzene rings is 1. The lowest BCUT2D eigenvalue weighted by Crippen LogP contribution is -2.22. The van der Waals surface area contributed by atoms with Crippen LogP contribution < -0.4 is 5.32 Å². The summed E-state index contributed by atoms with van der Waals surface area (Å²) >= 11 is 1.36. The van der Waals surface area contributed by atoms with E-state index in [1.807, 2.05) is 25.1 Å². The molecule has 146 valence electrons. The van der Waals surface area contributed by atoms with Crippen molar-refractivity contribution in [2.24, 2.45) is 0 Å². The van der Waals surface area contributed by atoms with Crippen LogP contribution in [0.4, 0.5) is 4.39 Å². The zero-order valence-corrected chi connectivity index (χ0v) is 16.5. The first kappa shape index (κ1) is 18.9. The van der Waals surface area contributed by atoms with E-state index in [2.05, 4.69) is 20.4 Å². The molecule has 0 unspecified atom stereocenters. The summed E-state index contributed by atoms with van der Waals surface area (Å²) < 4.78 is 14.7. The number of hydrogen-bond donors (Lipinski definition) is 1. The third-order valence-electron chi connectivity index (χ3n) is 4.31. The van der Waals surface area contributed by atoms with Gasteiger partial charge in [0.15, 0.2) is 5.82 Å². The smallest absolute Gasteiger partial charge is 0.261 e. The SMILES string of the molecule is Cc1cc(-c2ncn(Cc3ccc(F)cc3)n2)sc1C(=O)NCc1cccnc1. The molecule has 4 aromatic rings. The summed E-state index contributed by atoms with van der Waals surface area (Å²) in [4.78, 5) is 22.4.